The molecular weight excluding hydrogens is 701 g/mol. The maximum atomic E-state index is 12.7. The highest BCUT2D eigenvalue weighted by atomic mass is 31.2. The molecule has 9 nitrogen and oxygen atoms in total. The van der Waals surface area contributed by atoms with Crippen LogP contribution in [0.4, 0.5) is 0 Å². The van der Waals surface area contributed by atoms with E-state index in [2.05, 4.69) is 50.3 Å². The van der Waals surface area contributed by atoms with Gasteiger partial charge in [-0.1, -0.05) is 134 Å². The average molecular weight is 785 g/mol. The SMILES string of the molecule is CCCCC/C=C/C/C=C/CCCCCCCC(=O)O[C@H](COC(=O)CCCCCCC/C=C/CCCCCCCC)COP(=O)(O)OCC[N+](C)(C)C. The number of hydrogen-bond donors (Lipinski definition) is 1. The van der Waals surface area contributed by atoms with Crippen molar-refractivity contribution in [1.29, 1.82) is 0 Å². The van der Waals surface area contributed by atoms with Gasteiger partial charge in [0.2, 0.25) is 0 Å². The quantitative estimate of drug-likeness (QED) is 0.0216. The topological polar surface area (TPSA) is 108 Å². The summed E-state index contributed by atoms with van der Waals surface area (Å²) in [6.07, 6.45) is 40.4. The summed E-state index contributed by atoms with van der Waals surface area (Å²) in [6.45, 7) is 4.36. The number of esters is 2. The highest BCUT2D eigenvalue weighted by molar-refractivity contribution is 7.47. The van der Waals surface area contributed by atoms with Gasteiger partial charge in [-0.05, 0) is 70.6 Å². The van der Waals surface area contributed by atoms with Crippen molar-refractivity contribution >= 4 is 19.8 Å². The Bertz CT molecular complexity index is 1020. The minimum atomic E-state index is -4.38. The standard InChI is InChI=1S/C44H82NO8P/c1-6-8-10-12-14-16-18-20-22-24-26-28-30-32-34-36-43(46)50-40-42(41-52-54(48,49)51-39-38-45(3,4)5)53-44(47)37-35-33-31-29-27-25-23-21-19-17-15-13-11-9-7-2/h15,17,20-23,42H,6-14,16,18-19,24-41H2,1-5H3/p+1/b17-15+,22-20+,23-21+/t42-/m1/s1. The van der Waals surface area contributed by atoms with E-state index in [1.54, 1.807) is 0 Å². The van der Waals surface area contributed by atoms with Crippen molar-refractivity contribution in [2.75, 3.05) is 47.5 Å². The van der Waals surface area contributed by atoms with E-state index in [4.69, 9.17) is 18.5 Å². The molecule has 0 saturated heterocycles. The van der Waals surface area contributed by atoms with E-state index < -0.39 is 26.5 Å². The Morgan fingerprint density at radius 2 is 1.00 bits per heavy atom. The first-order chi connectivity index (χ1) is 26.0. The predicted molar refractivity (Wildman–Crippen MR) is 224 cm³/mol. The average Bonchev–Trinajstić information content (AvgIpc) is 3.12. The molecular formula is C44H83NO8P+. The monoisotopic (exact) mass is 785 g/mol. The number of rotatable bonds is 39. The number of likely N-dealkylation sites (N-methyl/N-ethyl adjacent to an activating group) is 1. The number of carbonyl (C=O) groups is 2. The molecule has 1 unspecified atom stereocenters. The molecule has 0 aliphatic heterocycles. The maximum absolute atomic E-state index is 12.7. The molecule has 1 N–H and O–H groups in total. The van der Waals surface area contributed by atoms with Gasteiger partial charge < -0.3 is 18.9 Å². The van der Waals surface area contributed by atoms with E-state index >= 15 is 0 Å². The van der Waals surface area contributed by atoms with E-state index in [0.29, 0.717) is 17.4 Å². The summed E-state index contributed by atoms with van der Waals surface area (Å²) in [5.41, 5.74) is 0. The molecule has 0 aliphatic carbocycles. The molecule has 0 bridgehead atoms. The number of allylic oxidation sites excluding steroid dienone is 6. The zero-order valence-corrected chi connectivity index (χ0v) is 36.3. The molecule has 0 radical (unpaired) electrons. The summed E-state index contributed by atoms with van der Waals surface area (Å²) in [6, 6.07) is 0. The third kappa shape index (κ3) is 39.9. The van der Waals surface area contributed by atoms with Crippen LogP contribution in [0.25, 0.3) is 0 Å². The third-order valence-corrected chi connectivity index (χ3v) is 10.1. The number of phosphoric acid groups is 1. The molecule has 0 fully saturated rings. The second-order valence-corrected chi connectivity index (χ2v) is 17.2. The lowest BCUT2D eigenvalue weighted by Crippen LogP contribution is -2.37. The van der Waals surface area contributed by atoms with Crippen molar-refractivity contribution in [1.82, 2.24) is 0 Å². The van der Waals surface area contributed by atoms with Gasteiger partial charge in [-0.3, -0.25) is 18.6 Å². The highest BCUT2D eigenvalue weighted by Crippen LogP contribution is 2.43. The summed E-state index contributed by atoms with van der Waals surface area (Å²) in [4.78, 5) is 35.3. The Morgan fingerprint density at radius 3 is 1.52 bits per heavy atom. The van der Waals surface area contributed by atoms with Gasteiger partial charge in [-0.2, -0.15) is 0 Å². The van der Waals surface area contributed by atoms with Crippen molar-refractivity contribution in [3.05, 3.63) is 36.5 Å². The van der Waals surface area contributed by atoms with E-state index in [1.165, 1.54) is 70.6 Å². The van der Waals surface area contributed by atoms with Crippen molar-refractivity contribution in [3.8, 4) is 0 Å². The predicted octanol–water partition coefficient (Wildman–Crippen LogP) is 12.1. The van der Waals surface area contributed by atoms with Crippen LogP contribution in [0.2, 0.25) is 0 Å². The molecule has 0 aromatic rings. The van der Waals surface area contributed by atoms with Gasteiger partial charge in [0.15, 0.2) is 6.10 Å². The molecule has 0 amide bonds. The minimum Gasteiger partial charge on any atom is -0.462 e. The van der Waals surface area contributed by atoms with Crippen LogP contribution in [0.1, 0.15) is 181 Å². The Hall–Kier alpha value is -1.77. The van der Waals surface area contributed by atoms with Crippen LogP contribution in [0.3, 0.4) is 0 Å². The highest BCUT2D eigenvalue weighted by Gasteiger charge is 2.27. The molecule has 0 spiro atoms. The second-order valence-electron chi connectivity index (χ2n) is 15.7. The van der Waals surface area contributed by atoms with Crippen LogP contribution >= 0.6 is 7.82 Å². The molecule has 0 saturated carbocycles. The van der Waals surface area contributed by atoms with Crippen molar-refractivity contribution in [2.45, 2.75) is 187 Å². The Kier molecular flexibility index (Phi) is 35.6. The lowest BCUT2D eigenvalue weighted by atomic mass is 10.1. The minimum absolute atomic E-state index is 0.0273. The number of ether oxygens (including phenoxy) is 2. The zero-order valence-electron chi connectivity index (χ0n) is 35.5. The first-order valence-electron chi connectivity index (χ1n) is 21.7. The van der Waals surface area contributed by atoms with Gasteiger partial charge in [0.1, 0.15) is 19.8 Å². The van der Waals surface area contributed by atoms with E-state index in [9.17, 15) is 19.0 Å². The first-order valence-corrected chi connectivity index (χ1v) is 23.2. The summed E-state index contributed by atoms with van der Waals surface area (Å²) >= 11 is 0. The van der Waals surface area contributed by atoms with Crippen LogP contribution < -0.4 is 0 Å². The van der Waals surface area contributed by atoms with Gasteiger partial charge in [-0.25, -0.2) is 4.57 Å². The van der Waals surface area contributed by atoms with Crippen molar-refractivity contribution in [3.63, 3.8) is 0 Å². The molecule has 10 heteroatoms. The lowest BCUT2D eigenvalue weighted by Gasteiger charge is -2.24. The summed E-state index contributed by atoms with van der Waals surface area (Å²) in [5.74, 6) is -0.824. The molecule has 0 aromatic heterocycles. The Labute approximate surface area is 331 Å². The van der Waals surface area contributed by atoms with E-state index in [0.717, 1.165) is 77.0 Å². The fourth-order valence-electron chi connectivity index (χ4n) is 5.68. The van der Waals surface area contributed by atoms with Gasteiger partial charge in [0.05, 0.1) is 27.7 Å². The molecule has 0 rings (SSSR count). The lowest BCUT2D eigenvalue weighted by molar-refractivity contribution is -0.870. The molecule has 0 aromatic carbocycles. The summed E-state index contributed by atoms with van der Waals surface area (Å²) in [7, 11) is 1.46. The van der Waals surface area contributed by atoms with Gasteiger partial charge >= 0.3 is 19.8 Å². The fourth-order valence-corrected chi connectivity index (χ4v) is 6.43. The van der Waals surface area contributed by atoms with E-state index in [-0.39, 0.29) is 32.0 Å². The second kappa shape index (κ2) is 36.8. The Morgan fingerprint density at radius 1 is 0.574 bits per heavy atom. The molecule has 0 aliphatic rings. The van der Waals surface area contributed by atoms with Crippen molar-refractivity contribution in [2.24, 2.45) is 0 Å². The van der Waals surface area contributed by atoms with Crippen LogP contribution in [0.15, 0.2) is 36.5 Å². The molecule has 316 valence electrons. The fraction of sp³-hybridized carbons (Fsp3) is 0.818. The maximum Gasteiger partial charge on any atom is 0.472 e. The Balaban J connectivity index is 4.41. The summed E-state index contributed by atoms with van der Waals surface area (Å²) in [5, 5.41) is 0. The van der Waals surface area contributed by atoms with Gasteiger partial charge in [0, 0.05) is 12.8 Å². The first kappa shape index (κ1) is 52.2. The summed E-state index contributed by atoms with van der Waals surface area (Å²) < 4.78 is 34.3. The molecule has 54 heavy (non-hydrogen) atoms. The number of hydrogen-bond acceptors (Lipinski definition) is 7. The number of quaternary nitrogens is 1. The third-order valence-electron chi connectivity index (χ3n) is 9.14. The number of carbonyl (C=O) groups excluding carboxylic acids is 2. The van der Waals surface area contributed by atoms with Crippen LogP contribution in [0, 0.1) is 0 Å². The smallest absolute Gasteiger partial charge is 0.462 e. The van der Waals surface area contributed by atoms with Crippen LogP contribution in [0.5, 0.6) is 0 Å². The molecule has 2 atom stereocenters. The normalized spacial score (nSPS) is 14.0. The van der Waals surface area contributed by atoms with Crippen molar-refractivity contribution < 1.29 is 42.1 Å². The van der Waals surface area contributed by atoms with Crippen LogP contribution in [-0.4, -0.2) is 74.9 Å². The number of nitrogens with zero attached hydrogens (tertiary/aromatic N) is 1. The van der Waals surface area contributed by atoms with Gasteiger partial charge in [-0.15, -0.1) is 0 Å². The van der Waals surface area contributed by atoms with Crippen LogP contribution in [-0.2, 0) is 32.7 Å². The number of phosphoric ester groups is 1. The zero-order chi connectivity index (χ0) is 40.0. The molecule has 0 heterocycles. The number of unbranched alkanes of at least 4 members (excludes halogenated alkanes) is 19. The van der Waals surface area contributed by atoms with E-state index in [1.807, 2.05) is 21.1 Å². The largest absolute Gasteiger partial charge is 0.472 e. The van der Waals surface area contributed by atoms with Gasteiger partial charge in [0.25, 0.3) is 0 Å².